The van der Waals surface area contributed by atoms with Crippen LogP contribution in [0.3, 0.4) is 0 Å². The van der Waals surface area contributed by atoms with Crippen LogP contribution >= 0.6 is 15.9 Å². The van der Waals surface area contributed by atoms with Gasteiger partial charge in [-0.15, -0.1) is 0 Å². The Kier molecular flexibility index (Phi) is 2.54. The second-order valence-electron chi connectivity index (χ2n) is 4.00. The predicted octanol–water partition coefficient (Wildman–Crippen LogP) is 2.39. The minimum absolute atomic E-state index is 0.0417. The van der Waals surface area contributed by atoms with Crippen LogP contribution in [0.4, 0.5) is 5.69 Å². The molecule has 0 saturated carbocycles. The van der Waals surface area contributed by atoms with Crippen molar-refractivity contribution < 1.29 is 4.79 Å². The van der Waals surface area contributed by atoms with E-state index in [4.69, 9.17) is 0 Å². The van der Waals surface area contributed by atoms with Gasteiger partial charge in [0.1, 0.15) is 5.41 Å². The Morgan fingerprint density at radius 1 is 1.56 bits per heavy atom. The summed E-state index contributed by atoms with van der Waals surface area (Å²) >= 11 is 3.39. The lowest BCUT2D eigenvalue weighted by Crippen LogP contribution is -2.37. The van der Waals surface area contributed by atoms with Gasteiger partial charge >= 0.3 is 0 Å². The molecule has 84 valence electrons. The van der Waals surface area contributed by atoms with Crippen molar-refractivity contribution in [3.8, 4) is 0 Å². The van der Waals surface area contributed by atoms with Crippen molar-refractivity contribution in [3.63, 3.8) is 0 Å². The monoisotopic (exact) mass is 280 g/mol. The van der Waals surface area contributed by atoms with E-state index in [1.165, 1.54) is 0 Å². The number of fused-ring (bicyclic) bond motifs is 1. The fourth-order valence-corrected chi connectivity index (χ4v) is 2.34. The molecule has 16 heavy (non-hydrogen) atoms. The van der Waals surface area contributed by atoms with Crippen LogP contribution < -0.4 is 10.6 Å². The number of hydrogen-bond donors (Lipinski definition) is 2. The first kappa shape index (κ1) is 11.2. The normalized spacial score (nSPS) is 22.6. The van der Waals surface area contributed by atoms with E-state index < -0.39 is 5.41 Å². The van der Waals surface area contributed by atoms with Gasteiger partial charge < -0.3 is 10.6 Å². The third-order valence-electron chi connectivity index (χ3n) is 3.13. The van der Waals surface area contributed by atoms with Crippen LogP contribution in [0.15, 0.2) is 34.9 Å². The lowest BCUT2D eigenvalue weighted by Gasteiger charge is -2.24. The summed E-state index contributed by atoms with van der Waals surface area (Å²) in [6.07, 6.45) is 0. The maximum absolute atomic E-state index is 12.0. The Labute approximate surface area is 103 Å². The topological polar surface area (TPSA) is 41.1 Å². The Balaban J connectivity index is 2.60. The summed E-state index contributed by atoms with van der Waals surface area (Å²) in [6, 6.07) is 5.78. The van der Waals surface area contributed by atoms with Gasteiger partial charge in [0.05, 0.1) is 0 Å². The van der Waals surface area contributed by atoms with E-state index in [-0.39, 0.29) is 5.91 Å². The highest BCUT2D eigenvalue weighted by Crippen LogP contribution is 2.42. The molecule has 1 aliphatic heterocycles. The molecule has 0 spiro atoms. The van der Waals surface area contributed by atoms with Gasteiger partial charge in [-0.3, -0.25) is 4.79 Å². The molecule has 0 bridgehead atoms. The number of carbonyl (C=O) groups excluding carboxylic acids is 1. The van der Waals surface area contributed by atoms with E-state index in [1.807, 2.05) is 25.1 Å². The van der Waals surface area contributed by atoms with Crippen molar-refractivity contribution in [2.75, 3.05) is 12.4 Å². The van der Waals surface area contributed by atoms with Crippen molar-refractivity contribution in [2.24, 2.45) is 0 Å². The SMILES string of the molecule is C=C(NC)C1(C)C(=O)Nc2cc(Br)ccc21. The first-order valence-corrected chi connectivity index (χ1v) is 5.78. The lowest BCUT2D eigenvalue weighted by molar-refractivity contribution is -0.119. The molecule has 0 aromatic heterocycles. The van der Waals surface area contributed by atoms with E-state index in [1.54, 1.807) is 7.05 Å². The molecule has 4 heteroatoms. The van der Waals surface area contributed by atoms with Gasteiger partial charge in [-0.05, 0) is 24.6 Å². The molecule has 2 rings (SSSR count). The number of amides is 1. The second kappa shape index (κ2) is 3.63. The number of nitrogens with one attached hydrogen (secondary N) is 2. The second-order valence-corrected chi connectivity index (χ2v) is 4.91. The molecule has 0 saturated heterocycles. The molecular formula is C12H13BrN2O. The van der Waals surface area contributed by atoms with Gasteiger partial charge in [0.25, 0.3) is 0 Å². The third kappa shape index (κ3) is 1.37. The zero-order valence-electron chi connectivity index (χ0n) is 9.23. The Bertz CT molecular complexity index is 484. The maximum Gasteiger partial charge on any atom is 0.240 e. The average Bonchev–Trinajstić information content (AvgIpc) is 2.50. The Hall–Kier alpha value is -1.29. The number of carbonyl (C=O) groups is 1. The largest absolute Gasteiger partial charge is 0.391 e. The summed E-state index contributed by atoms with van der Waals surface area (Å²) in [5.74, 6) is -0.0417. The van der Waals surface area contributed by atoms with E-state index >= 15 is 0 Å². The number of halogens is 1. The minimum Gasteiger partial charge on any atom is -0.391 e. The molecule has 1 aromatic rings. The van der Waals surface area contributed by atoms with E-state index in [0.29, 0.717) is 5.70 Å². The summed E-state index contributed by atoms with van der Waals surface area (Å²) in [7, 11) is 1.78. The van der Waals surface area contributed by atoms with Gasteiger partial charge in [-0.25, -0.2) is 0 Å². The van der Waals surface area contributed by atoms with Crippen LogP contribution in [0, 0.1) is 0 Å². The van der Waals surface area contributed by atoms with Crippen LogP contribution in [0.5, 0.6) is 0 Å². The van der Waals surface area contributed by atoms with Crippen LogP contribution in [0.2, 0.25) is 0 Å². The van der Waals surface area contributed by atoms with Crippen molar-refractivity contribution >= 4 is 27.5 Å². The number of rotatable bonds is 2. The van der Waals surface area contributed by atoms with E-state index in [0.717, 1.165) is 15.7 Å². The highest BCUT2D eigenvalue weighted by Gasteiger charge is 2.44. The highest BCUT2D eigenvalue weighted by molar-refractivity contribution is 9.10. The third-order valence-corrected chi connectivity index (χ3v) is 3.62. The average molecular weight is 281 g/mol. The molecule has 3 nitrogen and oxygen atoms in total. The number of likely N-dealkylation sites (N-methyl/N-ethyl adjacent to an activating group) is 1. The van der Waals surface area contributed by atoms with Crippen molar-refractivity contribution in [2.45, 2.75) is 12.3 Å². The zero-order valence-corrected chi connectivity index (χ0v) is 10.8. The van der Waals surface area contributed by atoms with Crippen LogP contribution in [0.25, 0.3) is 0 Å². The van der Waals surface area contributed by atoms with Crippen LogP contribution in [0.1, 0.15) is 12.5 Å². The van der Waals surface area contributed by atoms with Gasteiger partial charge in [-0.1, -0.05) is 28.6 Å². The van der Waals surface area contributed by atoms with E-state index in [9.17, 15) is 4.79 Å². The number of hydrogen-bond acceptors (Lipinski definition) is 2. The summed E-state index contributed by atoms with van der Waals surface area (Å²) in [6.45, 7) is 5.79. The fourth-order valence-electron chi connectivity index (χ4n) is 1.98. The number of benzene rings is 1. The first-order chi connectivity index (χ1) is 7.50. The minimum atomic E-state index is -0.690. The van der Waals surface area contributed by atoms with Crippen molar-refractivity contribution in [1.29, 1.82) is 0 Å². The Morgan fingerprint density at radius 3 is 2.88 bits per heavy atom. The fraction of sp³-hybridized carbons (Fsp3) is 0.250. The highest BCUT2D eigenvalue weighted by atomic mass is 79.9. The summed E-state index contributed by atoms with van der Waals surface area (Å²) < 4.78 is 0.950. The predicted molar refractivity (Wildman–Crippen MR) is 68.3 cm³/mol. The summed E-state index contributed by atoms with van der Waals surface area (Å²) in [5.41, 5.74) is 1.81. The smallest absolute Gasteiger partial charge is 0.240 e. The summed E-state index contributed by atoms with van der Waals surface area (Å²) in [4.78, 5) is 12.0. The molecular weight excluding hydrogens is 268 g/mol. The first-order valence-electron chi connectivity index (χ1n) is 4.98. The molecule has 0 fully saturated rings. The molecule has 2 N–H and O–H groups in total. The molecule has 1 amide bonds. The molecule has 1 heterocycles. The van der Waals surface area contributed by atoms with Gasteiger partial charge in [-0.2, -0.15) is 0 Å². The molecule has 1 unspecified atom stereocenters. The maximum atomic E-state index is 12.0. The van der Waals surface area contributed by atoms with E-state index in [2.05, 4.69) is 33.1 Å². The van der Waals surface area contributed by atoms with Gasteiger partial charge in [0.15, 0.2) is 0 Å². The zero-order chi connectivity index (χ0) is 11.9. The molecule has 0 aliphatic carbocycles. The molecule has 1 atom stereocenters. The van der Waals surface area contributed by atoms with Gasteiger partial charge in [0, 0.05) is 22.9 Å². The van der Waals surface area contributed by atoms with Crippen LogP contribution in [-0.4, -0.2) is 13.0 Å². The molecule has 0 radical (unpaired) electrons. The standard InChI is InChI=1S/C12H13BrN2O/c1-7(14-3)12(2)9-5-4-8(13)6-10(9)15-11(12)16/h4-6,14H,1H2,2-3H3,(H,15,16). The molecule has 1 aliphatic rings. The quantitative estimate of drug-likeness (QED) is 0.874. The number of anilines is 1. The van der Waals surface area contributed by atoms with Gasteiger partial charge in [0.2, 0.25) is 5.91 Å². The lowest BCUT2D eigenvalue weighted by atomic mass is 9.81. The van der Waals surface area contributed by atoms with Crippen molar-refractivity contribution in [1.82, 2.24) is 5.32 Å². The van der Waals surface area contributed by atoms with Crippen LogP contribution in [-0.2, 0) is 10.2 Å². The summed E-state index contributed by atoms with van der Waals surface area (Å²) in [5, 5.41) is 5.84. The Morgan fingerprint density at radius 2 is 2.25 bits per heavy atom. The van der Waals surface area contributed by atoms with Crippen molar-refractivity contribution in [3.05, 3.63) is 40.5 Å². The molecule has 1 aromatic carbocycles.